The molecular weight excluding hydrogens is 272 g/mol. The molecule has 1 atom stereocenters. The van der Waals surface area contributed by atoms with Gasteiger partial charge in [-0.15, -0.1) is 4.52 Å². The molecule has 9 heteroatoms. The summed E-state index contributed by atoms with van der Waals surface area (Å²) in [6, 6.07) is 0. The second-order valence-electron chi connectivity index (χ2n) is 3.50. The molecule has 0 saturated carbocycles. The summed E-state index contributed by atoms with van der Waals surface area (Å²) in [5.41, 5.74) is 0. The Labute approximate surface area is 99.9 Å². The largest absolute Gasteiger partial charge is 0.521 e. The van der Waals surface area contributed by atoms with E-state index < -0.39 is 21.5 Å². The predicted molar refractivity (Wildman–Crippen MR) is 63.5 cm³/mol. The number of rotatable bonds is 6. The zero-order valence-electron chi connectivity index (χ0n) is 8.82. The van der Waals surface area contributed by atoms with Crippen molar-refractivity contribution in [3.63, 3.8) is 0 Å². The highest BCUT2D eigenvalue weighted by molar-refractivity contribution is 7.97. The zero-order valence-corrected chi connectivity index (χ0v) is 11.4. The van der Waals surface area contributed by atoms with Gasteiger partial charge in [-0.2, -0.15) is 0 Å². The fourth-order valence-electron chi connectivity index (χ4n) is 1.34. The maximum atomic E-state index is 11.1. The lowest BCUT2D eigenvalue weighted by atomic mass is 10.2. The minimum Gasteiger partial charge on any atom is -0.321 e. The summed E-state index contributed by atoms with van der Waals surface area (Å²) < 4.78 is 28.6. The van der Waals surface area contributed by atoms with Crippen molar-refractivity contribution < 1.29 is 23.4 Å². The second-order valence-corrected chi connectivity index (χ2v) is 7.90. The quantitative estimate of drug-likeness (QED) is 0.439. The summed E-state index contributed by atoms with van der Waals surface area (Å²) in [6.07, 6.45) is 3.55. The molecule has 0 amide bonds. The van der Waals surface area contributed by atoms with Crippen molar-refractivity contribution in [1.82, 2.24) is 4.31 Å². The maximum Gasteiger partial charge on any atom is 0.521 e. The van der Waals surface area contributed by atoms with Crippen molar-refractivity contribution in [2.75, 3.05) is 24.9 Å². The molecule has 1 saturated heterocycles. The van der Waals surface area contributed by atoms with E-state index >= 15 is 0 Å². The monoisotopic (exact) mass is 288 g/mol. The molecule has 0 aromatic rings. The maximum absolute atomic E-state index is 11.1. The molecule has 1 aliphatic heterocycles. The van der Waals surface area contributed by atoms with Gasteiger partial charge in [0.15, 0.2) is 5.94 Å². The van der Waals surface area contributed by atoms with Gasteiger partial charge < -0.3 is 9.79 Å². The third-order valence-corrected chi connectivity index (χ3v) is 5.99. The van der Waals surface area contributed by atoms with E-state index in [0.29, 0.717) is 0 Å². The van der Waals surface area contributed by atoms with E-state index in [0.717, 1.165) is 25.9 Å². The Balaban J connectivity index is 2.10. The Bertz CT molecular complexity index is 278. The lowest BCUT2D eigenvalue weighted by Gasteiger charge is -2.23. The van der Waals surface area contributed by atoms with Crippen LogP contribution in [0.25, 0.3) is 0 Å². The van der Waals surface area contributed by atoms with E-state index in [9.17, 15) is 9.13 Å². The zero-order chi connectivity index (χ0) is 12.0. The summed E-state index contributed by atoms with van der Waals surface area (Å²) in [6.45, 7) is 1.98. The van der Waals surface area contributed by atoms with Gasteiger partial charge in [0.25, 0.3) is 5.90 Å². The lowest BCUT2D eigenvalue weighted by Crippen LogP contribution is -2.23. The summed E-state index contributed by atoms with van der Waals surface area (Å²) in [4.78, 5) is 17.1. The van der Waals surface area contributed by atoms with Crippen molar-refractivity contribution in [3.05, 3.63) is 0 Å². The van der Waals surface area contributed by atoms with Crippen LogP contribution < -0.4 is 0 Å². The molecule has 1 heterocycles. The molecule has 0 radical (unpaired) electrons. The molecule has 0 aromatic heterocycles. The first-order valence-electron chi connectivity index (χ1n) is 4.97. The van der Waals surface area contributed by atoms with Gasteiger partial charge in [0.1, 0.15) is 0 Å². The van der Waals surface area contributed by atoms with E-state index in [1.165, 1.54) is 18.4 Å². The fourth-order valence-corrected chi connectivity index (χ4v) is 4.20. The Morgan fingerprint density at radius 1 is 1.31 bits per heavy atom. The van der Waals surface area contributed by atoms with Gasteiger partial charge in [0.2, 0.25) is 0 Å². The molecule has 1 fully saturated rings. The van der Waals surface area contributed by atoms with Crippen LogP contribution in [-0.2, 0) is 13.7 Å². The van der Waals surface area contributed by atoms with Crippen LogP contribution >= 0.6 is 27.6 Å². The first kappa shape index (κ1) is 14.6. The standard InChI is InChI=1S/C7H15NO5P2S/c9-14(7-15(10,11)12)13-6-16-8-4-2-1-3-5-8/h1-7H2,(H-,10,11,12)/p+1. The first-order chi connectivity index (χ1) is 7.47. The molecule has 0 aliphatic carbocycles. The second kappa shape index (κ2) is 7.07. The third kappa shape index (κ3) is 6.97. The van der Waals surface area contributed by atoms with Gasteiger partial charge in [0, 0.05) is 13.1 Å². The third-order valence-electron chi connectivity index (χ3n) is 2.05. The molecule has 1 aliphatic rings. The average Bonchev–Trinajstić information content (AvgIpc) is 2.16. The molecule has 0 aromatic carbocycles. The van der Waals surface area contributed by atoms with Crippen LogP contribution in [0.15, 0.2) is 0 Å². The number of piperidine rings is 1. The Kier molecular flexibility index (Phi) is 6.44. The van der Waals surface area contributed by atoms with Crippen LogP contribution in [0.1, 0.15) is 19.3 Å². The van der Waals surface area contributed by atoms with Gasteiger partial charge in [-0.3, -0.25) is 4.57 Å². The lowest BCUT2D eigenvalue weighted by molar-refractivity contribution is 0.355. The molecule has 6 nitrogen and oxygen atoms in total. The Hall–Kier alpha value is 0.520. The topological polar surface area (TPSA) is 87.1 Å². The van der Waals surface area contributed by atoms with Crippen LogP contribution in [0.5, 0.6) is 0 Å². The normalized spacial score (nSPS) is 19.8. The molecule has 16 heavy (non-hydrogen) atoms. The number of hydrogen-bond acceptors (Lipinski definition) is 5. The summed E-state index contributed by atoms with van der Waals surface area (Å²) >= 11 is 1.43. The molecule has 1 rings (SSSR count). The highest BCUT2D eigenvalue weighted by Gasteiger charge is 2.31. The average molecular weight is 288 g/mol. The number of hydrogen-bond donors (Lipinski definition) is 2. The Morgan fingerprint density at radius 3 is 2.50 bits per heavy atom. The van der Waals surface area contributed by atoms with Crippen molar-refractivity contribution in [3.8, 4) is 0 Å². The molecule has 1 unspecified atom stereocenters. The molecule has 0 bridgehead atoms. The van der Waals surface area contributed by atoms with Crippen molar-refractivity contribution >= 4 is 27.6 Å². The summed E-state index contributed by atoms with van der Waals surface area (Å²) in [5, 5.41) is 0. The highest BCUT2D eigenvalue weighted by Crippen LogP contribution is 2.45. The van der Waals surface area contributed by atoms with Crippen molar-refractivity contribution in [2.24, 2.45) is 0 Å². The SMILES string of the molecule is O=[P+](CP(=O)(O)O)OCSN1CCCCC1. The van der Waals surface area contributed by atoms with Crippen LogP contribution in [0, 0.1) is 0 Å². The van der Waals surface area contributed by atoms with Gasteiger partial charge in [-0.25, -0.2) is 4.31 Å². The molecular formula is C7H16NO5P2S+. The van der Waals surface area contributed by atoms with E-state index in [1.807, 2.05) is 0 Å². The van der Waals surface area contributed by atoms with E-state index in [4.69, 9.17) is 14.3 Å². The van der Waals surface area contributed by atoms with Crippen LogP contribution in [-0.4, -0.2) is 39.0 Å². The Morgan fingerprint density at radius 2 is 1.94 bits per heavy atom. The van der Waals surface area contributed by atoms with Crippen LogP contribution in [0.2, 0.25) is 0 Å². The van der Waals surface area contributed by atoms with Crippen LogP contribution in [0.3, 0.4) is 0 Å². The van der Waals surface area contributed by atoms with Gasteiger partial charge in [0.05, 0.1) is 0 Å². The fraction of sp³-hybridized carbons (Fsp3) is 1.00. The summed E-state index contributed by atoms with van der Waals surface area (Å²) in [5.74, 6) is -0.502. The summed E-state index contributed by atoms with van der Waals surface area (Å²) in [7, 11) is -6.48. The molecule has 94 valence electrons. The van der Waals surface area contributed by atoms with Gasteiger partial charge in [-0.1, -0.05) is 6.42 Å². The molecule has 2 N–H and O–H groups in total. The number of nitrogens with zero attached hydrogens (tertiary/aromatic N) is 1. The predicted octanol–water partition coefficient (Wildman–Crippen LogP) is 1.97. The van der Waals surface area contributed by atoms with Gasteiger partial charge in [-0.05, 0) is 29.4 Å². The van der Waals surface area contributed by atoms with E-state index in [2.05, 4.69) is 4.31 Å². The highest BCUT2D eigenvalue weighted by atomic mass is 32.2. The van der Waals surface area contributed by atoms with Crippen molar-refractivity contribution in [1.29, 1.82) is 0 Å². The smallest absolute Gasteiger partial charge is 0.321 e. The minimum absolute atomic E-state index is 0.190. The van der Waals surface area contributed by atoms with E-state index in [-0.39, 0.29) is 5.94 Å². The minimum atomic E-state index is -4.23. The molecule has 0 spiro atoms. The first-order valence-corrected chi connectivity index (χ1v) is 9.08. The van der Waals surface area contributed by atoms with E-state index in [1.54, 1.807) is 0 Å². The van der Waals surface area contributed by atoms with Crippen molar-refractivity contribution in [2.45, 2.75) is 19.3 Å². The van der Waals surface area contributed by atoms with Crippen LogP contribution in [0.4, 0.5) is 0 Å². The van der Waals surface area contributed by atoms with Gasteiger partial charge >= 0.3 is 15.6 Å².